The van der Waals surface area contributed by atoms with Crippen molar-refractivity contribution in [2.24, 2.45) is 5.84 Å². The summed E-state index contributed by atoms with van der Waals surface area (Å²) in [6.45, 7) is 0. The average molecular weight is 298 g/mol. The molecule has 1 heterocycles. The molecule has 1 aromatic heterocycles. The van der Waals surface area contributed by atoms with Crippen molar-refractivity contribution >= 4 is 34.6 Å². The normalized spacial score (nSPS) is 10.2. The smallest absolute Gasteiger partial charge is 0.276 e. The monoisotopic (exact) mass is 297 g/mol. The molecule has 4 N–H and O–H groups in total. The maximum Gasteiger partial charge on any atom is 0.276 e. The Bertz CT molecular complexity index is 667. The molecule has 0 saturated heterocycles. The van der Waals surface area contributed by atoms with Gasteiger partial charge in [-0.2, -0.15) is 0 Å². The van der Waals surface area contributed by atoms with E-state index in [-0.39, 0.29) is 28.0 Å². The first-order chi connectivity index (χ1) is 9.49. The largest absolute Gasteiger partial charge is 0.338 e. The Morgan fingerprint density at radius 1 is 1.30 bits per heavy atom. The Hall–Kier alpha value is -2.45. The molecule has 7 nitrogen and oxygen atoms in total. The average Bonchev–Trinajstić information content (AvgIpc) is 2.41. The molecule has 1 aromatic carbocycles. The van der Waals surface area contributed by atoms with Crippen LogP contribution in [0.2, 0.25) is 5.02 Å². The first kappa shape index (κ1) is 14.0. The van der Waals surface area contributed by atoms with Gasteiger partial charge in [0.05, 0.1) is 22.7 Å². The van der Waals surface area contributed by atoms with Crippen molar-refractivity contribution in [2.75, 3.05) is 10.7 Å². The Labute approximate surface area is 117 Å². The summed E-state index contributed by atoms with van der Waals surface area (Å²) in [4.78, 5) is 14.1. The van der Waals surface area contributed by atoms with Gasteiger partial charge >= 0.3 is 0 Å². The lowest BCUT2D eigenvalue weighted by Crippen LogP contribution is -2.10. The second-order valence-corrected chi connectivity index (χ2v) is 4.18. The molecule has 2 rings (SSSR count). The highest BCUT2D eigenvalue weighted by molar-refractivity contribution is 6.30. The number of aromatic nitrogens is 1. The van der Waals surface area contributed by atoms with Crippen LogP contribution in [-0.2, 0) is 0 Å². The highest BCUT2D eigenvalue weighted by Crippen LogP contribution is 2.25. The van der Waals surface area contributed by atoms with E-state index in [9.17, 15) is 14.5 Å². The predicted octanol–water partition coefficient (Wildman–Crippen LogP) is 2.81. The minimum Gasteiger partial charge on any atom is -0.338 e. The Morgan fingerprint density at radius 3 is 2.60 bits per heavy atom. The van der Waals surface area contributed by atoms with E-state index in [2.05, 4.69) is 15.7 Å². The van der Waals surface area contributed by atoms with Gasteiger partial charge in [0.1, 0.15) is 17.5 Å². The number of nitrogen functional groups attached to an aromatic ring is 1. The minimum absolute atomic E-state index is 0.0772. The highest BCUT2D eigenvalue weighted by atomic mass is 35.5. The van der Waals surface area contributed by atoms with E-state index in [4.69, 9.17) is 17.4 Å². The number of hydrogen-bond acceptors (Lipinski definition) is 6. The summed E-state index contributed by atoms with van der Waals surface area (Å²) < 4.78 is 13.6. The van der Waals surface area contributed by atoms with E-state index in [1.54, 1.807) is 0 Å². The molecule has 104 valence electrons. The molecule has 0 fully saturated rings. The fraction of sp³-hybridized carbons (Fsp3) is 0. The summed E-state index contributed by atoms with van der Waals surface area (Å²) >= 11 is 5.64. The Balaban J connectivity index is 2.37. The quantitative estimate of drug-likeness (QED) is 0.455. The van der Waals surface area contributed by atoms with Crippen molar-refractivity contribution in [3.05, 3.63) is 51.3 Å². The second-order valence-electron chi connectivity index (χ2n) is 3.75. The lowest BCUT2D eigenvalue weighted by atomic mass is 10.3. The van der Waals surface area contributed by atoms with Gasteiger partial charge in [-0.25, -0.2) is 15.2 Å². The maximum absolute atomic E-state index is 13.6. The first-order valence-corrected chi connectivity index (χ1v) is 5.72. The lowest BCUT2D eigenvalue weighted by molar-refractivity contribution is -0.384. The van der Waals surface area contributed by atoms with Gasteiger partial charge in [-0.05, 0) is 18.2 Å². The number of benzene rings is 1. The van der Waals surface area contributed by atoms with Crippen molar-refractivity contribution in [1.82, 2.24) is 4.98 Å². The molecule has 0 amide bonds. The third-order valence-corrected chi connectivity index (χ3v) is 2.60. The van der Waals surface area contributed by atoms with Gasteiger partial charge in [-0.15, -0.1) is 0 Å². The topological polar surface area (TPSA) is 106 Å². The number of nitrogens with zero attached hydrogens (tertiary/aromatic N) is 2. The molecule has 2 aromatic rings. The van der Waals surface area contributed by atoms with Gasteiger partial charge in [-0.3, -0.25) is 10.1 Å². The van der Waals surface area contributed by atoms with Crippen LogP contribution in [0.15, 0.2) is 30.3 Å². The number of rotatable bonds is 4. The first-order valence-electron chi connectivity index (χ1n) is 5.35. The molecule has 0 unspecified atom stereocenters. The van der Waals surface area contributed by atoms with E-state index >= 15 is 0 Å². The van der Waals surface area contributed by atoms with Crippen LogP contribution in [0.4, 0.5) is 27.4 Å². The summed E-state index contributed by atoms with van der Waals surface area (Å²) in [5, 5.41) is 13.6. The number of nitrogens with two attached hydrogens (primary N) is 1. The second kappa shape index (κ2) is 5.68. The fourth-order valence-corrected chi connectivity index (χ4v) is 1.65. The van der Waals surface area contributed by atoms with E-state index in [1.807, 2.05) is 0 Å². The number of halogens is 2. The number of anilines is 3. The van der Waals surface area contributed by atoms with Crippen LogP contribution in [0.25, 0.3) is 0 Å². The van der Waals surface area contributed by atoms with Crippen LogP contribution in [0, 0.1) is 15.9 Å². The SMILES string of the molecule is NNc1cc([N+](=O)[O-])cc(Nc2ccc(Cl)cc2F)n1. The Kier molecular flexibility index (Phi) is 3.97. The van der Waals surface area contributed by atoms with E-state index in [0.717, 1.165) is 18.2 Å². The number of nitro groups is 1. The molecule has 20 heavy (non-hydrogen) atoms. The van der Waals surface area contributed by atoms with Crippen molar-refractivity contribution in [2.45, 2.75) is 0 Å². The number of hydrazine groups is 1. The zero-order chi connectivity index (χ0) is 14.7. The third kappa shape index (κ3) is 3.11. The number of pyridine rings is 1. The molecule has 0 aliphatic rings. The highest BCUT2D eigenvalue weighted by Gasteiger charge is 2.12. The fourth-order valence-electron chi connectivity index (χ4n) is 1.49. The molecule has 0 atom stereocenters. The summed E-state index contributed by atoms with van der Waals surface area (Å²) in [6, 6.07) is 6.31. The molecule has 0 bridgehead atoms. The van der Waals surface area contributed by atoms with Crippen LogP contribution in [0.1, 0.15) is 0 Å². The van der Waals surface area contributed by atoms with Gasteiger partial charge in [0.15, 0.2) is 0 Å². The molecule has 0 aliphatic heterocycles. The van der Waals surface area contributed by atoms with Gasteiger partial charge < -0.3 is 10.7 Å². The predicted molar refractivity (Wildman–Crippen MR) is 73.4 cm³/mol. The van der Waals surface area contributed by atoms with Gasteiger partial charge in [-0.1, -0.05) is 11.6 Å². The molecular weight excluding hydrogens is 289 g/mol. The molecule has 0 saturated carbocycles. The van der Waals surface area contributed by atoms with Crippen molar-refractivity contribution < 1.29 is 9.31 Å². The van der Waals surface area contributed by atoms with Crippen LogP contribution < -0.4 is 16.6 Å². The zero-order valence-corrected chi connectivity index (χ0v) is 10.7. The van der Waals surface area contributed by atoms with Crippen LogP contribution in [0.3, 0.4) is 0 Å². The van der Waals surface area contributed by atoms with E-state index in [1.165, 1.54) is 12.1 Å². The summed E-state index contributed by atoms with van der Waals surface area (Å²) in [7, 11) is 0. The number of nitrogens with one attached hydrogen (secondary N) is 2. The third-order valence-electron chi connectivity index (χ3n) is 2.36. The lowest BCUT2D eigenvalue weighted by Gasteiger charge is -2.08. The molecule has 0 radical (unpaired) electrons. The standard InChI is InChI=1S/C11H9ClFN5O2/c12-6-1-2-9(8(13)3-6)15-10-4-7(18(19)20)5-11(16-10)17-14/h1-5H,14H2,(H2,15,16,17). The van der Waals surface area contributed by atoms with Crippen molar-refractivity contribution in [3.8, 4) is 0 Å². The van der Waals surface area contributed by atoms with Crippen LogP contribution >= 0.6 is 11.6 Å². The molecular formula is C11H9ClFN5O2. The summed E-state index contributed by atoms with van der Waals surface area (Å²) in [5.41, 5.74) is 2.06. The zero-order valence-electron chi connectivity index (χ0n) is 9.93. The van der Waals surface area contributed by atoms with Crippen LogP contribution in [-0.4, -0.2) is 9.91 Å². The van der Waals surface area contributed by atoms with Crippen LogP contribution in [0.5, 0.6) is 0 Å². The van der Waals surface area contributed by atoms with E-state index < -0.39 is 10.7 Å². The summed E-state index contributed by atoms with van der Waals surface area (Å²) in [5.74, 6) is 4.73. The van der Waals surface area contributed by atoms with E-state index in [0.29, 0.717) is 0 Å². The van der Waals surface area contributed by atoms with Crippen molar-refractivity contribution in [3.63, 3.8) is 0 Å². The minimum atomic E-state index is -0.605. The summed E-state index contributed by atoms with van der Waals surface area (Å²) in [6.07, 6.45) is 0. The maximum atomic E-state index is 13.6. The van der Waals surface area contributed by atoms with Crippen molar-refractivity contribution in [1.29, 1.82) is 0 Å². The van der Waals surface area contributed by atoms with Gasteiger partial charge in [0.2, 0.25) is 0 Å². The molecule has 0 spiro atoms. The van der Waals surface area contributed by atoms with Gasteiger partial charge in [0.25, 0.3) is 5.69 Å². The Morgan fingerprint density at radius 2 is 2.00 bits per heavy atom. The molecule has 9 heteroatoms. The van der Waals surface area contributed by atoms with Gasteiger partial charge in [0, 0.05) is 5.02 Å². The molecule has 0 aliphatic carbocycles. The number of hydrogen-bond donors (Lipinski definition) is 3.